The highest BCUT2D eigenvalue weighted by Crippen LogP contribution is 2.34. The van der Waals surface area contributed by atoms with Crippen molar-refractivity contribution in [1.82, 2.24) is 0 Å². The Morgan fingerprint density at radius 3 is 3.00 bits per heavy atom. The van der Waals surface area contributed by atoms with Crippen LogP contribution in [0.4, 0.5) is 0 Å². The molecule has 0 saturated heterocycles. The molecule has 0 amide bonds. The van der Waals surface area contributed by atoms with E-state index < -0.39 is 0 Å². The topological polar surface area (TPSA) is 26.0 Å². The minimum atomic E-state index is 0.0825. The van der Waals surface area contributed by atoms with E-state index in [-0.39, 0.29) is 6.04 Å². The van der Waals surface area contributed by atoms with Crippen molar-refractivity contribution in [2.24, 2.45) is 5.73 Å². The third kappa shape index (κ3) is 3.16. The Kier molecular flexibility index (Phi) is 4.18. The van der Waals surface area contributed by atoms with Crippen molar-refractivity contribution < 1.29 is 0 Å². The summed E-state index contributed by atoms with van der Waals surface area (Å²) in [5.74, 6) is 2.40. The molecule has 0 bridgehead atoms. The second-order valence-electron chi connectivity index (χ2n) is 4.84. The van der Waals surface area contributed by atoms with Gasteiger partial charge >= 0.3 is 0 Å². The summed E-state index contributed by atoms with van der Waals surface area (Å²) < 4.78 is 0. The van der Waals surface area contributed by atoms with E-state index in [9.17, 15) is 0 Å². The van der Waals surface area contributed by atoms with Gasteiger partial charge in [-0.3, -0.25) is 0 Å². The SMILES string of the molecule is NC(Cc1cccc(Cl)c1)c1cc2c(s1)CCSC2. The first kappa shape index (κ1) is 13.5. The first-order valence-electron chi connectivity index (χ1n) is 6.41. The lowest BCUT2D eigenvalue weighted by atomic mass is 10.0. The standard InChI is InChI=1S/C15H16ClNS2/c16-12-3-1-2-10(6-12)7-13(17)15-8-11-9-18-5-4-14(11)19-15/h1-3,6,8,13H,4-5,7,9,17H2. The van der Waals surface area contributed by atoms with Crippen LogP contribution in [0, 0.1) is 0 Å². The molecule has 0 saturated carbocycles. The van der Waals surface area contributed by atoms with Crippen LogP contribution in [0.1, 0.15) is 26.9 Å². The summed E-state index contributed by atoms with van der Waals surface area (Å²) in [4.78, 5) is 2.85. The van der Waals surface area contributed by atoms with Gasteiger partial charge in [0.15, 0.2) is 0 Å². The maximum atomic E-state index is 6.35. The van der Waals surface area contributed by atoms with Crippen molar-refractivity contribution in [3.05, 3.63) is 56.2 Å². The van der Waals surface area contributed by atoms with E-state index in [1.54, 1.807) is 0 Å². The predicted molar refractivity (Wildman–Crippen MR) is 86.3 cm³/mol. The normalized spacial score (nSPS) is 16.1. The maximum absolute atomic E-state index is 6.35. The van der Waals surface area contributed by atoms with E-state index in [0.29, 0.717) is 0 Å². The Morgan fingerprint density at radius 2 is 2.21 bits per heavy atom. The molecule has 2 aromatic rings. The fourth-order valence-electron chi connectivity index (χ4n) is 2.37. The summed E-state index contributed by atoms with van der Waals surface area (Å²) in [6, 6.07) is 10.4. The molecule has 1 aromatic carbocycles. The quantitative estimate of drug-likeness (QED) is 0.907. The molecule has 0 fully saturated rings. The Balaban J connectivity index is 1.76. The van der Waals surface area contributed by atoms with Gasteiger partial charge in [-0.2, -0.15) is 11.8 Å². The van der Waals surface area contributed by atoms with Crippen molar-refractivity contribution in [3.63, 3.8) is 0 Å². The molecule has 1 aliphatic heterocycles. The van der Waals surface area contributed by atoms with Gasteiger partial charge in [0.25, 0.3) is 0 Å². The second-order valence-corrected chi connectivity index (χ2v) is 7.55. The molecule has 19 heavy (non-hydrogen) atoms. The summed E-state index contributed by atoms with van der Waals surface area (Å²) in [5, 5.41) is 0.784. The number of rotatable bonds is 3. The zero-order valence-corrected chi connectivity index (χ0v) is 13.0. The van der Waals surface area contributed by atoms with Crippen LogP contribution in [0.3, 0.4) is 0 Å². The monoisotopic (exact) mass is 309 g/mol. The average molecular weight is 310 g/mol. The Morgan fingerprint density at radius 1 is 1.32 bits per heavy atom. The Labute approximate surface area is 127 Å². The summed E-state index contributed by atoms with van der Waals surface area (Å²) >= 11 is 9.93. The van der Waals surface area contributed by atoms with Gasteiger partial charge in [-0.25, -0.2) is 0 Å². The fourth-order valence-corrected chi connectivity index (χ4v) is 4.96. The molecule has 0 radical (unpaired) electrons. The van der Waals surface area contributed by atoms with Crippen LogP contribution >= 0.6 is 34.7 Å². The number of halogens is 1. The van der Waals surface area contributed by atoms with Crippen molar-refractivity contribution in [1.29, 1.82) is 0 Å². The molecule has 3 rings (SSSR count). The van der Waals surface area contributed by atoms with E-state index in [4.69, 9.17) is 17.3 Å². The molecule has 100 valence electrons. The lowest BCUT2D eigenvalue weighted by Crippen LogP contribution is -2.11. The van der Waals surface area contributed by atoms with Gasteiger partial charge < -0.3 is 5.73 Å². The molecule has 0 spiro atoms. The smallest absolute Gasteiger partial charge is 0.0430 e. The van der Waals surface area contributed by atoms with Gasteiger partial charge in [0.2, 0.25) is 0 Å². The van der Waals surface area contributed by atoms with Gasteiger partial charge in [-0.05, 0) is 47.9 Å². The van der Waals surface area contributed by atoms with Crippen molar-refractivity contribution in [2.45, 2.75) is 24.6 Å². The Bertz CT molecular complexity index is 556. The zero-order valence-electron chi connectivity index (χ0n) is 10.6. The minimum absolute atomic E-state index is 0.0825. The van der Waals surface area contributed by atoms with Crippen LogP contribution in [0.15, 0.2) is 30.3 Å². The van der Waals surface area contributed by atoms with E-state index in [1.807, 2.05) is 41.3 Å². The molecule has 1 nitrogen and oxygen atoms in total. The molecule has 1 unspecified atom stereocenters. The lowest BCUT2D eigenvalue weighted by molar-refractivity contribution is 0.736. The molecule has 1 aliphatic rings. The number of hydrogen-bond acceptors (Lipinski definition) is 3. The maximum Gasteiger partial charge on any atom is 0.0430 e. The first-order chi connectivity index (χ1) is 9.22. The van der Waals surface area contributed by atoms with E-state index in [0.717, 1.165) is 17.2 Å². The van der Waals surface area contributed by atoms with Crippen molar-refractivity contribution >= 4 is 34.7 Å². The summed E-state index contributed by atoms with van der Waals surface area (Å²) in [6.07, 6.45) is 2.06. The van der Waals surface area contributed by atoms with E-state index in [2.05, 4.69) is 12.1 Å². The molecule has 2 N–H and O–H groups in total. The second kappa shape index (κ2) is 5.88. The van der Waals surface area contributed by atoms with Crippen LogP contribution in [-0.2, 0) is 18.6 Å². The number of thioether (sulfide) groups is 1. The number of hydrogen-bond donors (Lipinski definition) is 1. The third-order valence-corrected chi connectivity index (χ3v) is 5.97. The largest absolute Gasteiger partial charge is 0.323 e. The minimum Gasteiger partial charge on any atom is -0.323 e. The van der Waals surface area contributed by atoms with Gasteiger partial charge in [-0.15, -0.1) is 11.3 Å². The molecule has 1 atom stereocenters. The molecule has 2 heterocycles. The average Bonchev–Trinajstić information content (AvgIpc) is 2.82. The van der Waals surface area contributed by atoms with Gasteiger partial charge in [-0.1, -0.05) is 23.7 Å². The highest BCUT2D eigenvalue weighted by molar-refractivity contribution is 7.98. The van der Waals surface area contributed by atoms with Crippen LogP contribution in [0.25, 0.3) is 0 Å². The first-order valence-corrected chi connectivity index (χ1v) is 8.76. The van der Waals surface area contributed by atoms with Crippen LogP contribution in [0.2, 0.25) is 5.02 Å². The number of fused-ring (bicyclic) bond motifs is 1. The summed E-state index contributed by atoms with van der Waals surface area (Å²) in [6.45, 7) is 0. The fraction of sp³-hybridized carbons (Fsp3) is 0.333. The number of benzene rings is 1. The molecule has 4 heteroatoms. The number of thiophene rings is 1. The van der Waals surface area contributed by atoms with Gasteiger partial charge in [0.1, 0.15) is 0 Å². The van der Waals surface area contributed by atoms with Crippen molar-refractivity contribution in [3.8, 4) is 0 Å². The molecular weight excluding hydrogens is 294 g/mol. The molecule has 0 aliphatic carbocycles. The molecule has 1 aromatic heterocycles. The lowest BCUT2D eigenvalue weighted by Gasteiger charge is -2.09. The number of nitrogens with two attached hydrogens (primary N) is 1. The summed E-state index contributed by atoms with van der Waals surface area (Å²) in [7, 11) is 0. The highest BCUT2D eigenvalue weighted by Gasteiger charge is 2.17. The predicted octanol–water partition coefficient (Wildman–Crippen LogP) is 4.43. The number of aryl methyl sites for hydroxylation is 1. The van der Waals surface area contributed by atoms with E-state index in [1.165, 1.54) is 33.1 Å². The van der Waals surface area contributed by atoms with Crippen LogP contribution in [0.5, 0.6) is 0 Å². The van der Waals surface area contributed by atoms with Crippen LogP contribution < -0.4 is 5.73 Å². The summed E-state index contributed by atoms with van der Waals surface area (Å²) in [5.41, 5.74) is 9.06. The highest BCUT2D eigenvalue weighted by atomic mass is 35.5. The van der Waals surface area contributed by atoms with Gasteiger partial charge in [0, 0.05) is 26.6 Å². The van der Waals surface area contributed by atoms with E-state index >= 15 is 0 Å². The third-order valence-electron chi connectivity index (χ3n) is 3.36. The Hall–Kier alpha value is -0.480. The van der Waals surface area contributed by atoms with Gasteiger partial charge in [0.05, 0.1) is 0 Å². The van der Waals surface area contributed by atoms with Crippen molar-refractivity contribution in [2.75, 3.05) is 5.75 Å². The zero-order chi connectivity index (χ0) is 13.2. The molecular formula is C15H16ClNS2. The van der Waals surface area contributed by atoms with Crippen LogP contribution in [-0.4, -0.2) is 5.75 Å².